The molecule has 2 heterocycles. The van der Waals surface area contributed by atoms with E-state index in [4.69, 9.17) is 20.8 Å². The highest BCUT2D eigenvalue weighted by atomic mass is 35.5. The quantitative estimate of drug-likeness (QED) is 0.581. The predicted molar refractivity (Wildman–Crippen MR) is 106 cm³/mol. The highest BCUT2D eigenvalue weighted by Crippen LogP contribution is 2.32. The van der Waals surface area contributed by atoms with Crippen LogP contribution in [0.15, 0.2) is 59.1 Å². The summed E-state index contributed by atoms with van der Waals surface area (Å²) < 4.78 is 24.6. The summed E-state index contributed by atoms with van der Waals surface area (Å²) in [6.07, 6.45) is 3.92. The van der Waals surface area contributed by atoms with Gasteiger partial charge in [0, 0.05) is 24.1 Å². The Kier molecular flexibility index (Phi) is 5.81. The molecule has 7 heteroatoms. The zero-order valence-electron chi connectivity index (χ0n) is 15.7. The second-order valence-electron chi connectivity index (χ2n) is 6.96. The first-order valence-electron chi connectivity index (χ1n) is 9.45. The zero-order valence-corrected chi connectivity index (χ0v) is 16.4. The number of halogens is 2. The fraction of sp³-hybridized carbons (Fsp3) is 0.273. The highest BCUT2D eigenvalue weighted by molar-refractivity contribution is 6.30. The Balaban J connectivity index is 1.40. The van der Waals surface area contributed by atoms with Crippen LogP contribution >= 0.6 is 11.6 Å². The van der Waals surface area contributed by atoms with Crippen molar-refractivity contribution in [3.63, 3.8) is 0 Å². The smallest absolute Gasteiger partial charge is 0.261 e. The van der Waals surface area contributed by atoms with E-state index in [0.29, 0.717) is 29.6 Å². The van der Waals surface area contributed by atoms with Crippen LogP contribution in [0.5, 0.6) is 5.75 Å². The first-order chi connectivity index (χ1) is 14.1. The first kappa shape index (κ1) is 19.5. The third kappa shape index (κ3) is 4.77. The van der Waals surface area contributed by atoms with E-state index in [-0.39, 0.29) is 18.6 Å². The van der Waals surface area contributed by atoms with E-state index in [1.54, 1.807) is 23.2 Å². The molecule has 4 rings (SSSR count). The van der Waals surface area contributed by atoms with Crippen molar-refractivity contribution in [3.8, 4) is 5.75 Å². The number of rotatable bonds is 6. The van der Waals surface area contributed by atoms with E-state index in [9.17, 15) is 9.18 Å². The number of amides is 1. The van der Waals surface area contributed by atoms with E-state index >= 15 is 0 Å². The van der Waals surface area contributed by atoms with Crippen LogP contribution in [-0.4, -0.2) is 28.9 Å². The normalized spacial score (nSPS) is 16.2. The van der Waals surface area contributed by atoms with E-state index in [2.05, 4.69) is 4.98 Å². The average molecular weight is 415 g/mol. The van der Waals surface area contributed by atoms with Gasteiger partial charge in [0.1, 0.15) is 23.4 Å². The van der Waals surface area contributed by atoms with E-state index in [0.717, 1.165) is 24.2 Å². The summed E-state index contributed by atoms with van der Waals surface area (Å²) in [6.45, 7) is 0.456. The van der Waals surface area contributed by atoms with Gasteiger partial charge in [-0.2, -0.15) is 0 Å². The molecule has 3 aromatic rings. The summed E-state index contributed by atoms with van der Waals surface area (Å²) in [6, 6.07) is 13.1. The lowest BCUT2D eigenvalue weighted by molar-refractivity contribution is -0.134. The van der Waals surface area contributed by atoms with Crippen molar-refractivity contribution in [1.29, 1.82) is 0 Å². The number of hydrogen-bond acceptors (Lipinski definition) is 4. The van der Waals surface area contributed by atoms with E-state index in [1.165, 1.54) is 12.1 Å². The van der Waals surface area contributed by atoms with Crippen LogP contribution in [0.1, 0.15) is 36.1 Å². The maximum Gasteiger partial charge on any atom is 0.261 e. The van der Waals surface area contributed by atoms with Crippen molar-refractivity contribution in [1.82, 2.24) is 9.88 Å². The lowest BCUT2D eigenvalue weighted by atomic mass is 10.1. The predicted octanol–water partition coefficient (Wildman–Crippen LogP) is 4.80. The molecule has 0 saturated carbocycles. The Hall–Kier alpha value is -2.86. The van der Waals surface area contributed by atoms with Gasteiger partial charge in [-0.1, -0.05) is 29.8 Å². The Morgan fingerprint density at radius 1 is 1.28 bits per heavy atom. The SMILES string of the molecule is O=C(COc1cccc(F)c1)N1CCC[C@H]1c1ncc(Cc2cccc(Cl)c2)o1. The molecule has 29 heavy (non-hydrogen) atoms. The van der Waals surface area contributed by atoms with Crippen LogP contribution < -0.4 is 4.74 Å². The number of oxazole rings is 1. The fourth-order valence-corrected chi connectivity index (χ4v) is 3.73. The number of carbonyl (C=O) groups is 1. The fourth-order valence-electron chi connectivity index (χ4n) is 3.51. The number of ether oxygens (including phenoxy) is 1. The molecule has 1 aromatic heterocycles. The summed E-state index contributed by atoms with van der Waals surface area (Å²) in [7, 11) is 0. The molecule has 1 aliphatic rings. The molecule has 0 aliphatic carbocycles. The van der Waals surface area contributed by atoms with Crippen LogP contribution in [0, 0.1) is 5.82 Å². The number of aromatic nitrogens is 1. The van der Waals surface area contributed by atoms with Crippen molar-refractivity contribution in [3.05, 3.63) is 82.8 Å². The van der Waals surface area contributed by atoms with Crippen molar-refractivity contribution in [2.45, 2.75) is 25.3 Å². The summed E-state index contributed by atoms with van der Waals surface area (Å²) in [4.78, 5) is 18.8. The molecule has 5 nitrogen and oxygen atoms in total. The van der Waals surface area contributed by atoms with Gasteiger partial charge >= 0.3 is 0 Å². The first-order valence-corrected chi connectivity index (χ1v) is 9.83. The number of nitrogens with zero attached hydrogens (tertiary/aromatic N) is 2. The molecule has 1 amide bonds. The van der Waals surface area contributed by atoms with Crippen LogP contribution in [-0.2, 0) is 11.2 Å². The molecule has 1 saturated heterocycles. The minimum Gasteiger partial charge on any atom is -0.484 e. The Labute approximate surface area is 173 Å². The third-order valence-electron chi connectivity index (χ3n) is 4.86. The van der Waals surface area contributed by atoms with Gasteiger partial charge in [0.05, 0.1) is 6.20 Å². The van der Waals surface area contributed by atoms with Gasteiger partial charge in [0.15, 0.2) is 6.61 Å². The molecule has 0 radical (unpaired) electrons. The molecule has 0 bridgehead atoms. The molecule has 0 spiro atoms. The number of likely N-dealkylation sites (tertiary alicyclic amines) is 1. The summed E-state index contributed by atoms with van der Waals surface area (Å²) >= 11 is 6.03. The Morgan fingerprint density at radius 3 is 2.97 bits per heavy atom. The van der Waals surface area contributed by atoms with Gasteiger partial charge in [-0.3, -0.25) is 4.79 Å². The Bertz CT molecular complexity index is 1010. The average Bonchev–Trinajstić information content (AvgIpc) is 3.35. The zero-order chi connectivity index (χ0) is 20.2. The van der Waals surface area contributed by atoms with Crippen molar-refractivity contribution in [2.24, 2.45) is 0 Å². The van der Waals surface area contributed by atoms with Gasteiger partial charge in [0.25, 0.3) is 5.91 Å². The van der Waals surface area contributed by atoms with Crippen molar-refractivity contribution >= 4 is 17.5 Å². The number of benzene rings is 2. The largest absolute Gasteiger partial charge is 0.484 e. The van der Waals surface area contributed by atoms with Gasteiger partial charge in [0.2, 0.25) is 5.89 Å². The monoisotopic (exact) mass is 414 g/mol. The van der Waals surface area contributed by atoms with Crippen molar-refractivity contribution in [2.75, 3.05) is 13.2 Å². The van der Waals surface area contributed by atoms with Crippen LogP contribution in [0.2, 0.25) is 5.02 Å². The van der Waals surface area contributed by atoms with Gasteiger partial charge in [-0.05, 0) is 42.7 Å². The van der Waals surface area contributed by atoms with E-state index < -0.39 is 5.82 Å². The molecular formula is C22H20ClFN2O3. The van der Waals surface area contributed by atoms with Gasteiger partial charge in [-0.25, -0.2) is 9.37 Å². The van der Waals surface area contributed by atoms with E-state index in [1.807, 2.05) is 24.3 Å². The van der Waals surface area contributed by atoms with Gasteiger partial charge < -0.3 is 14.1 Å². The summed E-state index contributed by atoms with van der Waals surface area (Å²) in [5.41, 5.74) is 1.03. The molecule has 0 N–H and O–H groups in total. The van der Waals surface area contributed by atoms with Crippen LogP contribution in [0.3, 0.4) is 0 Å². The third-order valence-corrected chi connectivity index (χ3v) is 5.09. The molecule has 1 atom stereocenters. The number of carbonyl (C=O) groups excluding carboxylic acids is 1. The topological polar surface area (TPSA) is 55.6 Å². The summed E-state index contributed by atoms with van der Waals surface area (Å²) in [5.74, 6) is 0.998. The molecule has 0 unspecified atom stereocenters. The molecule has 2 aromatic carbocycles. The van der Waals surface area contributed by atoms with Crippen LogP contribution in [0.25, 0.3) is 0 Å². The highest BCUT2D eigenvalue weighted by Gasteiger charge is 2.33. The molecule has 1 aliphatic heterocycles. The maximum absolute atomic E-state index is 13.3. The second kappa shape index (κ2) is 8.66. The minimum atomic E-state index is -0.402. The molecule has 1 fully saturated rings. The molecule has 150 valence electrons. The van der Waals surface area contributed by atoms with Crippen LogP contribution in [0.4, 0.5) is 4.39 Å². The standard InChI is InChI=1S/C22H20ClFN2O3/c23-16-5-1-4-15(10-16)11-19-13-25-22(29-19)20-8-3-9-26(20)21(27)14-28-18-7-2-6-17(24)12-18/h1-2,4-7,10,12-13,20H,3,8-9,11,14H2/t20-/m0/s1. The van der Waals surface area contributed by atoms with Crippen molar-refractivity contribution < 1.29 is 18.3 Å². The summed E-state index contributed by atoms with van der Waals surface area (Å²) in [5, 5.41) is 0.674. The number of hydrogen-bond donors (Lipinski definition) is 0. The Morgan fingerprint density at radius 2 is 2.14 bits per heavy atom. The lowest BCUT2D eigenvalue weighted by Gasteiger charge is -2.22. The maximum atomic E-state index is 13.3. The molecular weight excluding hydrogens is 395 g/mol. The minimum absolute atomic E-state index is 0.157. The second-order valence-corrected chi connectivity index (χ2v) is 7.40. The lowest BCUT2D eigenvalue weighted by Crippen LogP contribution is -2.34. The van der Waals surface area contributed by atoms with Gasteiger partial charge in [-0.15, -0.1) is 0 Å².